The number of ether oxygens (including phenoxy) is 3. The standard InChI is InChI=1S/C31H47N5O8/c1-6-7-12-34(13-8-11-32(2)3)27(38)19-35-18-22(21-16-24(42-5)29-25(17-21)43-20-44-29)28(30(39)40)23(35)9-15-36-26(37)10-14-33(4)31(36)41/h16-17,22-23,28H,6-15,18-20H2,1-5H3,(H,39,40)/t22-,23+,28-/m1/s1. The van der Waals surface area contributed by atoms with Gasteiger partial charge in [-0.15, -0.1) is 0 Å². The van der Waals surface area contributed by atoms with E-state index in [-0.39, 0.29) is 44.5 Å². The van der Waals surface area contributed by atoms with Crippen LogP contribution in [0.25, 0.3) is 0 Å². The van der Waals surface area contributed by atoms with Crippen LogP contribution in [0.3, 0.4) is 0 Å². The third-order valence-electron chi connectivity index (χ3n) is 8.82. The maximum absolute atomic E-state index is 13.8. The Morgan fingerprint density at radius 3 is 2.55 bits per heavy atom. The predicted molar refractivity (Wildman–Crippen MR) is 162 cm³/mol. The highest BCUT2D eigenvalue weighted by Gasteiger charge is 2.48. The Balaban J connectivity index is 1.63. The van der Waals surface area contributed by atoms with Crippen molar-refractivity contribution in [3.05, 3.63) is 17.7 Å². The van der Waals surface area contributed by atoms with Crippen molar-refractivity contribution in [1.82, 2.24) is 24.5 Å². The maximum atomic E-state index is 13.8. The molecule has 0 radical (unpaired) electrons. The van der Waals surface area contributed by atoms with Gasteiger partial charge in [0.05, 0.1) is 19.6 Å². The molecule has 1 aromatic rings. The fourth-order valence-corrected chi connectivity index (χ4v) is 6.40. The summed E-state index contributed by atoms with van der Waals surface area (Å²) >= 11 is 0. The first kappa shape index (κ1) is 33.3. The number of rotatable bonds is 15. The number of likely N-dealkylation sites (tertiary alicyclic amines) is 1. The van der Waals surface area contributed by atoms with Gasteiger partial charge in [0.2, 0.25) is 24.4 Å². The highest BCUT2D eigenvalue weighted by atomic mass is 16.7. The van der Waals surface area contributed by atoms with Crippen molar-refractivity contribution in [2.45, 2.75) is 51.0 Å². The first-order chi connectivity index (χ1) is 21.0. The topological polar surface area (TPSA) is 132 Å². The molecule has 44 heavy (non-hydrogen) atoms. The van der Waals surface area contributed by atoms with Crippen LogP contribution in [0.15, 0.2) is 12.1 Å². The zero-order chi connectivity index (χ0) is 32.0. The Kier molecular flexibility index (Phi) is 11.3. The lowest BCUT2D eigenvalue weighted by atomic mass is 9.84. The summed E-state index contributed by atoms with van der Waals surface area (Å²) in [6.07, 6.45) is 3.10. The number of urea groups is 1. The summed E-state index contributed by atoms with van der Waals surface area (Å²) < 4.78 is 16.7. The van der Waals surface area contributed by atoms with E-state index in [9.17, 15) is 24.3 Å². The highest BCUT2D eigenvalue weighted by molar-refractivity contribution is 5.96. The Morgan fingerprint density at radius 2 is 1.86 bits per heavy atom. The Hall–Kier alpha value is -3.58. The monoisotopic (exact) mass is 617 g/mol. The van der Waals surface area contributed by atoms with Crippen LogP contribution < -0.4 is 14.2 Å². The van der Waals surface area contributed by atoms with Gasteiger partial charge in [0.15, 0.2) is 11.5 Å². The minimum atomic E-state index is -1.01. The summed E-state index contributed by atoms with van der Waals surface area (Å²) in [5.41, 5.74) is 0.706. The van der Waals surface area contributed by atoms with Gasteiger partial charge in [0.25, 0.3) is 0 Å². The quantitative estimate of drug-likeness (QED) is 0.312. The van der Waals surface area contributed by atoms with Crippen molar-refractivity contribution >= 4 is 23.8 Å². The maximum Gasteiger partial charge on any atom is 0.326 e. The number of carboxylic acid groups (broad SMARTS) is 1. The number of imide groups is 1. The summed E-state index contributed by atoms with van der Waals surface area (Å²) in [6.45, 7) is 4.99. The van der Waals surface area contributed by atoms with Crippen LogP contribution in [0.5, 0.6) is 17.2 Å². The third kappa shape index (κ3) is 7.55. The van der Waals surface area contributed by atoms with Crippen LogP contribution in [0.4, 0.5) is 4.79 Å². The molecule has 13 nitrogen and oxygen atoms in total. The van der Waals surface area contributed by atoms with E-state index in [4.69, 9.17) is 14.2 Å². The molecule has 0 bridgehead atoms. The minimum absolute atomic E-state index is 0.0409. The van der Waals surface area contributed by atoms with Gasteiger partial charge in [0.1, 0.15) is 0 Å². The molecule has 1 aromatic carbocycles. The number of amides is 4. The highest BCUT2D eigenvalue weighted by Crippen LogP contribution is 2.47. The average Bonchev–Trinajstić information content (AvgIpc) is 3.61. The summed E-state index contributed by atoms with van der Waals surface area (Å²) in [5, 5.41) is 10.6. The van der Waals surface area contributed by atoms with Crippen LogP contribution in [0, 0.1) is 5.92 Å². The molecule has 3 aliphatic heterocycles. The molecule has 0 unspecified atom stereocenters. The molecule has 1 N–H and O–H groups in total. The van der Waals surface area contributed by atoms with Gasteiger partial charge in [-0.3, -0.25) is 24.2 Å². The smallest absolute Gasteiger partial charge is 0.326 e. The Morgan fingerprint density at radius 1 is 1.11 bits per heavy atom. The SMILES string of the molecule is CCCCN(CCCN(C)C)C(=O)CN1C[C@H](c2cc(OC)c3c(c2)OCO3)[C@@H](C(=O)O)[C@@H]1CCN1C(=O)CCN(C)C1=O. The van der Waals surface area contributed by atoms with Gasteiger partial charge in [-0.1, -0.05) is 13.3 Å². The Labute approximate surface area is 259 Å². The molecule has 0 spiro atoms. The molecule has 3 heterocycles. The van der Waals surface area contributed by atoms with Crippen molar-refractivity contribution in [3.63, 3.8) is 0 Å². The van der Waals surface area contributed by atoms with Gasteiger partial charge in [-0.05, 0) is 57.6 Å². The van der Waals surface area contributed by atoms with Crippen LogP contribution >= 0.6 is 0 Å². The largest absolute Gasteiger partial charge is 0.493 e. The number of carboxylic acids is 1. The number of unbranched alkanes of at least 4 members (excludes halogenated alkanes) is 1. The molecule has 3 aliphatic rings. The van der Waals surface area contributed by atoms with Crippen molar-refractivity contribution < 1.29 is 38.5 Å². The van der Waals surface area contributed by atoms with Crippen LogP contribution in [-0.4, -0.2) is 140 Å². The van der Waals surface area contributed by atoms with Crippen LogP contribution in [-0.2, 0) is 14.4 Å². The molecule has 4 amide bonds. The second kappa shape index (κ2) is 14.9. The lowest BCUT2D eigenvalue weighted by molar-refractivity contribution is -0.144. The number of methoxy groups -OCH3 is 1. The molecule has 0 aromatic heterocycles. The number of fused-ring (bicyclic) bond motifs is 1. The van der Waals surface area contributed by atoms with Crippen molar-refractivity contribution in [2.24, 2.45) is 5.92 Å². The van der Waals surface area contributed by atoms with Crippen LogP contribution in [0.2, 0.25) is 0 Å². The van der Waals surface area contributed by atoms with E-state index < -0.39 is 29.9 Å². The van der Waals surface area contributed by atoms with E-state index in [2.05, 4.69) is 11.8 Å². The zero-order valence-electron chi connectivity index (χ0n) is 26.6. The normalized spacial score (nSPS) is 21.8. The number of nitrogens with zero attached hydrogens (tertiary/aromatic N) is 5. The molecule has 244 valence electrons. The fraction of sp³-hybridized carbons (Fsp3) is 0.677. The van der Waals surface area contributed by atoms with Crippen molar-refractivity contribution in [1.29, 1.82) is 0 Å². The number of hydrogen-bond acceptors (Lipinski definition) is 9. The molecular weight excluding hydrogens is 570 g/mol. The number of benzene rings is 1. The van der Waals surface area contributed by atoms with E-state index in [1.165, 1.54) is 16.9 Å². The lowest BCUT2D eigenvalue weighted by Crippen LogP contribution is -2.52. The molecule has 3 atom stereocenters. The summed E-state index contributed by atoms with van der Waals surface area (Å²) in [6, 6.07) is 2.57. The first-order valence-electron chi connectivity index (χ1n) is 15.5. The number of hydrogen-bond donors (Lipinski definition) is 1. The van der Waals surface area contributed by atoms with Crippen molar-refractivity contribution in [2.75, 3.05) is 80.9 Å². The molecule has 0 saturated carbocycles. The van der Waals surface area contributed by atoms with E-state index in [1.807, 2.05) is 23.9 Å². The molecular formula is C31H47N5O8. The fourth-order valence-electron chi connectivity index (χ4n) is 6.40. The van der Waals surface area contributed by atoms with E-state index in [1.54, 1.807) is 19.2 Å². The van der Waals surface area contributed by atoms with Gasteiger partial charge < -0.3 is 34.0 Å². The van der Waals surface area contributed by atoms with Crippen molar-refractivity contribution in [3.8, 4) is 17.2 Å². The van der Waals surface area contributed by atoms with E-state index in [0.717, 1.165) is 25.8 Å². The van der Waals surface area contributed by atoms with E-state index >= 15 is 0 Å². The molecule has 2 saturated heterocycles. The summed E-state index contributed by atoms with van der Waals surface area (Å²) in [5.74, 6) is -1.34. The average molecular weight is 618 g/mol. The number of carbonyl (C=O) groups is 4. The minimum Gasteiger partial charge on any atom is -0.493 e. The molecule has 4 rings (SSSR count). The summed E-state index contributed by atoms with van der Waals surface area (Å²) in [4.78, 5) is 60.8. The number of aliphatic carboxylic acids is 1. The Bertz CT molecular complexity index is 1210. The van der Waals surface area contributed by atoms with Gasteiger partial charge in [0, 0.05) is 58.2 Å². The molecule has 0 aliphatic carbocycles. The summed E-state index contributed by atoms with van der Waals surface area (Å²) in [7, 11) is 7.16. The lowest BCUT2D eigenvalue weighted by Gasteiger charge is -2.34. The third-order valence-corrected chi connectivity index (χ3v) is 8.82. The second-order valence-electron chi connectivity index (χ2n) is 12.1. The van der Waals surface area contributed by atoms with Gasteiger partial charge >= 0.3 is 12.0 Å². The van der Waals surface area contributed by atoms with Gasteiger partial charge in [-0.25, -0.2) is 4.79 Å². The van der Waals surface area contributed by atoms with Gasteiger partial charge in [-0.2, -0.15) is 0 Å². The van der Waals surface area contributed by atoms with Crippen LogP contribution in [0.1, 0.15) is 50.5 Å². The molecule has 13 heteroatoms. The first-order valence-corrected chi connectivity index (χ1v) is 15.5. The molecule has 2 fully saturated rings. The predicted octanol–water partition coefficient (Wildman–Crippen LogP) is 2.15. The van der Waals surface area contributed by atoms with E-state index in [0.29, 0.717) is 49.0 Å². The second-order valence-corrected chi connectivity index (χ2v) is 12.1. The number of carbonyl (C=O) groups excluding carboxylic acids is 3. The zero-order valence-corrected chi connectivity index (χ0v) is 26.6.